The van der Waals surface area contributed by atoms with Gasteiger partial charge in [-0.05, 0) is 61.4 Å². The third-order valence-electron chi connectivity index (χ3n) is 6.13. The molecule has 38 heavy (non-hydrogen) atoms. The van der Waals surface area contributed by atoms with Crippen molar-refractivity contribution in [3.8, 4) is 28.4 Å². The molecule has 6 rings (SSSR count). The summed E-state index contributed by atoms with van der Waals surface area (Å²) in [5.74, 6) is 1.53. The molecule has 0 unspecified atom stereocenters. The average molecular weight is 500 g/mol. The van der Waals surface area contributed by atoms with Crippen molar-refractivity contribution in [1.29, 1.82) is 0 Å². The van der Waals surface area contributed by atoms with Gasteiger partial charge < -0.3 is 14.5 Å². The molecule has 0 aliphatic heterocycles. The minimum atomic E-state index is 0.497. The van der Waals surface area contributed by atoms with Gasteiger partial charge in [-0.1, -0.05) is 78.9 Å². The zero-order valence-corrected chi connectivity index (χ0v) is 21.0. The molecule has 0 atom stereocenters. The maximum Gasteiger partial charge on any atom is 0.234 e. The summed E-state index contributed by atoms with van der Waals surface area (Å²) in [5, 5.41) is 2.90. The first-order chi connectivity index (χ1) is 18.6. The molecule has 0 saturated carbocycles. The minimum Gasteiger partial charge on any atom is -0.339 e. The van der Waals surface area contributed by atoms with Crippen molar-refractivity contribution in [2.24, 2.45) is 0 Å². The van der Waals surface area contributed by atoms with E-state index in [0.717, 1.165) is 38.7 Å². The van der Waals surface area contributed by atoms with E-state index in [-0.39, 0.29) is 0 Å². The van der Waals surface area contributed by atoms with Crippen LogP contribution in [0.1, 0.15) is 11.4 Å². The molecule has 0 N–H and O–H groups in total. The Morgan fingerprint density at radius 2 is 1.00 bits per heavy atom. The fourth-order valence-corrected chi connectivity index (χ4v) is 4.22. The van der Waals surface area contributed by atoms with E-state index < -0.39 is 0 Å². The number of para-hydroxylation sites is 2. The maximum absolute atomic E-state index is 6.18. The first-order valence-corrected chi connectivity index (χ1v) is 12.3. The van der Waals surface area contributed by atoms with Gasteiger partial charge in [-0.3, -0.25) is 0 Å². The average Bonchev–Trinajstić information content (AvgIpc) is 2.94. The van der Waals surface area contributed by atoms with Crippen LogP contribution in [0.15, 0.2) is 115 Å². The van der Waals surface area contributed by atoms with E-state index in [2.05, 4.69) is 22.1 Å². The van der Waals surface area contributed by atoms with Gasteiger partial charge in [0.1, 0.15) is 11.0 Å². The van der Waals surface area contributed by atoms with Crippen molar-refractivity contribution in [2.45, 2.75) is 13.8 Å². The van der Waals surface area contributed by atoms with E-state index in [1.54, 1.807) is 0 Å². The van der Waals surface area contributed by atoms with E-state index in [1.807, 2.05) is 117 Å². The van der Waals surface area contributed by atoms with Crippen LogP contribution in [0, 0.1) is 13.8 Å². The van der Waals surface area contributed by atoms with Gasteiger partial charge in [0.15, 0.2) is 17.2 Å². The van der Waals surface area contributed by atoms with E-state index in [0.29, 0.717) is 28.3 Å². The molecule has 6 heteroatoms. The number of nitrogens with zero attached hydrogens (tertiary/aromatic N) is 3. The molecular formula is C32H25N3O3. The van der Waals surface area contributed by atoms with Gasteiger partial charge in [0.05, 0.1) is 0 Å². The highest BCUT2D eigenvalue weighted by atomic mass is 17.2. The fourth-order valence-electron chi connectivity index (χ4n) is 4.22. The van der Waals surface area contributed by atoms with Gasteiger partial charge >= 0.3 is 0 Å². The SMILES string of the molecule is Cc1ccc2cccc(ON(Oc3ccc(-c4ccccc4)cc3)Oc3cccc4ccc(C)nc34)c2n1. The van der Waals surface area contributed by atoms with Crippen molar-refractivity contribution in [3.05, 3.63) is 127 Å². The molecule has 6 nitrogen and oxygen atoms in total. The predicted octanol–water partition coefficient (Wildman–Crippen LogP) is 7.65. The maximum atomic E-state index is 6.18. The van der Waals surface area contributed by atoms with Gasteiger partial charge in [0, 0.05) is 22.2 Å². The first kappa shape index (κ1) is 23.5. The summed E-state index contributed by atoms with van der Waals surface area (Å²) < 4.78 is 0. The lowest BCUT2D eigenvalue weighted by molar-refractivity contribution is -0.407. The predicted molar refractivity (Wildman–Crippen MR) is 149 cm³/mol. The Kier molecular flexibility index (Phi) is 6.30. The zero-order chi connectivity index (χ0) is 25.9. The summed E-state index contributed by atoms with van der Waals surface area (Å²) in [6.07, 6.45) is 0. The molecule has 0 aliphatic carbocycles. The molecule has 6 aromatic rings. The van der Waals surface area contributed by atoms with Crippen molar-refractivity contribution >= 4 is 21.8 Å². The lowest BCUT2D eigenvalue weighted by Crippen LogP contribution is -2.34. The Balaban J connectivity index is 1.35. The summed E-state index contributed by atoms with van der Waals surface area (Å²) in [7, 11) is 0. The highest BCUT2D eigenvalue weighted by molar-refractivity contribution is 5.85. The van der Waals surface area contributed by atoms with E-state index in [4.69, 9.17) is 14.5 Å². The minimum absolute atomic E-state index is 0.497. The molecule has 4 aromatic carbocycles. The number of fused-ring (bicyclic) bond motifs is 2. The van der Waals surface area contributed by atoms with Crippen LogP contribution < -0.4 is 14.5 Å². The Morgan fingerprint density at radius 3 is 1.55 bits per heavy atom. The molecule has 2 heterocycles. The molecule has 0 amide bonds. The van der Waals surface area contributed by atoms with Crippen molar-refractivity contribution in [3.63, 3.8) is 0 Å². The lowest BCUT2D eigenvalue weighted by Gasteiger charge is -2.21. The number of pyridine rings is 2. The summed E-state index contributed by atoms with van der Waals surface area (Å²) in [5.41, 5.74) is 5.37. The first-order valence-electron chi connectivity index (χ1n) is 12.3. The van der Waals surface area contributed by atoms with Crippen molar-refractivity contribution in [1.82, 2.24) is 15.4 Å². The van der Waals surface area contributed by atoms with Crippen LogP contribution >= 0.6 is 0 Å². The summed E-state index contributed by atoms with van der Waals surface area (Å²) in [6, 6.07) is 37.3. The smallest absolute Gasteiger partial charge is 0.234 e. The number of hydrogen-bond acceptors (Lipinski definition) is 6. The van der Waals surface area contributed by atoms with Gasteiger partial charge in [-0.15, -0.1) is 0 Å². The second-order valence-electron chi connectivity index (χ2n) is 8.95. The van der Waals surface area contributed by atoms with Crippen LogP contribution in [0.4, 0.5) is 0 Å². The van der Waals surface area contributed by atoms with E-state index in [1.165, 1.54) is 0 Å². The Labute approximate surface area is 220 Å². The van der Waals surface area contributed by atoms with Crippen LogP contribution in [0.2, 0.25) is 0 Å². The molecular weight excluding hydrogens is 474 g/mol. The van der Waals surface area contributed by atoms with Crippen LogP contribution in [0.3, 0.4) is 0 Å². The zero-order valence-electron chi connectivity index (χ0n) is 21.0. The van der Waals surface area contributed by atoms with E-state index >= 15 is 0 Å². The molecule has 0 radical (unpaired) electrons. The van der Waals surface area contributed by atoms with Crippen molar-refractivity contribution < 1.29 is 14.5 Å². The quantitative estimate of drug-likeness (QED) is 0.210. The Bertz CT molecular complexity index is 1630. The van der Waals surface area contributed by atoms with Crippen LogP contribution in [-0.2, 0) is 0 Å². The van der Waals surface area contributed by atoms with Gasteiger partial charge in [0.25, 0.3) is 0 Å². The standard InChI is InChI=1S/C32H25N3O3/c1-22-14-16-26-10-6-12-29(31(26)33-22)37-35(38-30-13-7-11-27-17-15-23(2)34-32(27)30)36-28-20-18-25(19-21-28)24-8-4-3-5-9-24/h3-21H,1-2H3. The summed E-state index contributed by atoms with van der Waals surface area (Å²) in [6.45, 7) is 3.89. The molecule has 0 saturated heterocycles. The van der Waals surface area contributed by atoms with Crippen molar-refractivity contribution in [2.75, 3.05) is 0 Å². The normalized spacial score (nSPS) is 11.1. The second-order valence-corrected chi connectivity index (χ2v) is 8.95. The number of rotatable bonds is 7. The van der Waals surface area contributed by atoms with E-state index in [9.17, 15) is 0 Å². The molecule has 0 aliphatic rings. The Morgan fingerprint density at radius 1 is 0.474 bits per heavy atom. The highest BCUT2D eigenvalue weighted by Crippen LogP contribution is 2.29. The monoisotopic (exact) mass is 499 g/mol. The van der Waals surface area contributed by atoms with Gasteiger partial charge in [0.2, 0.25) is 5.39 Å². The van der Waals surface area contributed by atoms with Crippen LogP contribution in [-0.4, -0.2) is 15.4 Å². The third-order valence-corrected chi connectivity index (χ3v) is 6.13. The van der Waals surface area contributed by atoms with Crippen LogP contribution in [0.5, 0.6) is 17.2 Å². The second kappa shape index (κ2) is 10.2. The lowest BCUT2D eigenvalue weighted by atomic mass is 10.1. The van der Waals surface area contributed by atoms with Gasteiger partial charge in [-0.25, -0.2) is 9.97 Å². The van der Waals surface area contributed by atoms with Crippen LogP contribution in [0.25, 0.3) is 32.9 Å². The third kappa shape index (κ3) is 4.98. The summed E-state index contributed by atoms with van der Waals surface area (Å²) in [4.78, 5) is 27.8. The number of aromatic nitrogens is 2. The topological polar surface area (TPSA) is 56.7 Å². The molecule has 2 aromatic heterocycles. The van der Waals surface area contributed by atoms with Gasteiger partial charge in [-0.2, -0.15) is 0 Å². The fraction of sp³-hybridized carbons (Fsp3) is 0.0625. The molecule has 0 fully saturated rings. The largest absolute Gasteiger partial charge is 0.339 e. The number of aryl methyl sites for hydroxylation is 2. The molecule has 0 bridgehead atoms. The number of hydrogen-bond donors (Lipinski definition) is 0. The Hall–Kier alpha value is -4.94. The molecule has 186 valence electrons. The molecule has 0 spiro atoms. The highest BCUT2D eigenvalue weighted by Gasteiger charge is 2.18. The summed E-state index contributed by atoms with van der Waals surface area (Å²) >= 11 is 0. The number of benzene rings is 4.